The number of halogens is 2. The maximum Gasteiger partial charge on any atom is 0.330 e. The van der Waals surface area contributed by atoms with Crippen LogP contribution in [0.1, 0.15) is 82.2 Å². The van der Waals surface area contributed by atoms with Gasteiger partial charge in [0.05, 0.1) is 16.7 Å². The zero-order chi connectivity index (χ0) is 72.2. The first-order valence-electron chi connectivity index (χ1n) is 30.3. The second-order valence-corrected chi connectivity index (χ2v) is 24.6. The number of fused-ring (bicyclic) bond motifs is 14. The summed E-state index contributed by atoms with van der Waals surface area (Å²) >= 11 is 14.0. The topological polar surface area (TPSA) is 518 Å². The number of aliphatic carboxylic acids is 1. The van der Waals surface area contributed by atoms with Gasteiger partial charge in [0.25, 0.3) is 0 Å². The third-order valence-electron chi connectivity index (χ3n) is 17.0. The molecule has 1 saturated heterocycles. The monoisotopic (exact) mass is 1430 g/mol. The molecule has 17 bridgehead atoms. The minimum Gasteiger partial charge on any atom is -0.508 e. The summed E-state index contributed by atoms with van der Waals surface area (Å²) in [5, 5.41) is 133. The highest BCUT2D eigenvalue weighted by Gasteiger charge is 2.49. The lowest BCUT2D eigenvalue weighted by molar-refractivity contribution is -0.284. The van der Waals surface area contributed by atoms with Crippen LogP contribution in [0, 0.1) is 0 Å². The lowest BCUT2D eigenvalue weighted by Crippen LogP contribution is -2.65. The van der Waals surface area contributed by atoms with Crippen LogP contribution in [0.3, 0.4) is 0 Å². The second kappa shape index (κ2) is 27.8. The van der Waals surface area contributed by atoms with E-state index in [1.165, 1.54) is 30.3 Å². The molecule has 33 nitrogen and oxygen atoms in total. The number of aliphatic hydroxyl groups excluding tert-OH is 3. The van der Waals surface area contributed by atoms with Gasteiger partial charge in [0.2, 0.25) is 47.1 Å². The zero-order valence-electron chi connectivity index (χ0n) is 51.8. The number of rotatable bonds is 6. The molecular formula is C66H56Cl2N10O23. The van der Waals surface area contributed by atoms with Crippen LogP contribution in [0.25, 0.3) is 21.6 Å². The Morgan fingerprint density at radius 1 is 0.604 bits per heavy atom. The number of phenols is 6. The summed E-state index contributed by atoms with van der Waals surface area (Å²) < 4.78 is 31.1. The highest BCUT2D eigenvalue weighted by molar-refractivity contribution is 6.32. The van der Waals surface area contributed by atoms with Crippen LogP contribution in [0.4, 0.5) is 0 Å². The first kappa shape index (κ1) is 69.1. The number of amides is 7. The molecule has 7 aromatic rings. The van der Waals surface area contributed by atoms with Crippen molar-refractivity contribution in [2.75, 3.05) is 6.61 Å². The van der Waals surface area contributed by atoms with Crippen molar-refractivity contribution in [2.45, 2.75) is 92.4 Å². The van der Waals surface area contributed by atoms with Gasteiger partial charge in [-0.25, -0.2) is 4.79 Å². The maximum absolute atomic E-state index is 16.1. The minimum atomic E-state index is -2.40. The number of hydrogen-bond acceptors (Lipinski definition) is 23. The summed E-state index contributed by atoms with van der Waals surface area (Å²) in [6.07, 6.45) is -10.3. The molecule has 7 aliphatic heterocycles. The fourth-order valence-corrected chi connectivity index (χ4v) is 12.7. The number of hydrogen-bond donors (Lipinski definition) is 17. The van der Waals surface area contributed by atoms with Crippen molar-refractivity contribution in [2.24, 2.45) is 5.11 Å². The van der Waals surface area contributed by atoms with E-state index in [1.807, 2.05) is 0 Å². The Bertz CT molecular complexity index is 4670. The Morgan fingerprint density at radius 2 is 1.21 bits per heavy atom. The number of ether oxygens (including phenoxy) is 5. The Balaban J connectivity index is 1.10. The molecule has 17 N–H and O–H groups in total. The predicted octanol–water partition coefficient (Wildman–Crippen LogP) is 4.30. The molecule has 35 heteroatoms. The van der Waals surface area contributed by atoms with E-state index < -0.39 is 218 Å². The van der Waals surface area contributed by atoms with Crippen LogP contribution in [0.15, 0.2) is 120 Å². The van der Waals surface area contributed by atoms with E-state index in [-0.39, 0.29) is 50.3 Å². The SMILES string of the molecule is CC(=O)N[C@H]1[C@H](O[C@@H]2c3ccc(c(Cl)c3)Oc3cc4cc(c3O)Oc3ccc(cc3Cl)C[C@H]3NC(=O)C(N=[N+]=[N-])c5ccc(O)c(c5)Oc5cc(O)cc(c5)[C@H](NC3=O)C(=O)N[C@H]4C(=O)N[C@H]3C(=O)N[C@@H]2C(=O)N[C@@H](C(=O)O)c2cc(O)cc(O)c2-c2cc3ccc2O)O[C@H](CO)[C@@H](O)[C@@H]1O. The Labute approximate surface area is 577 Å². The quantitative estimate of drug-likeness (QED) is 0.0626. The summed E-state index contributed by atoms with van der Waals surface area (Å²) in [5.41, 5.74) is 6.77. The molecule has 7 aromatic carbocycles. The van der Waals surface area contributed by atoms with Crippen molar-refractivity contribution in [1.82, 2.24) is 37.2 Å². The molecule has 1 fully saturated rings. The van der Waals surface area contributed by atoms with Crippen LogP contribution in [0.2, 0.25) is 10.0 Å². The summed E-state index contributed by atoms with van der Waals surface area (Å²) in [7, 11) is 0. The molecule has 0 aliphatic carbocycles. The van der Waals surface area contributed by atoms with Crippen molar-refractivity contribution >= 4 is 70.5 Å². The average Bonchev–Trinajstić information content (AvgIpc) is 0.770. The number of carboxylic acid groups (broad SMARTS) is 1. The Kier molecular flexibility index (Phi) is 19.0. The average molecular weight is 1430 g/mol. The van der Waals surface area contributed by atoms with E-state index in [4.69, 9.17) is 46.9 Å². The van der Waals surface area contributed by atoms with Gasteiger partial charge < -0.3 is 112 Å². The molecule has 0 spiro atoms. The number of aliphatic hydroxyl groups is 3. The van der Waals surface area contributed by atoms with Gasteiger partial charge in [0, 0.05) is 47.1 Å². The number of nitrogens with one attached hydrogen (secondary N) is 7. The summed E-state index contributed by atoms with van der Waals surface area (Å²) in [4.78, 5) is 122. The van der Waals surface area contributed by atoms with Gasteiger partial charge in [-0.15, -0.1) is 0 Å². The number of benzene rings is 7. The van der Waals surface area contributed by atoms with Crippen molar-refractivity contribution < 1.29 is 113 Å². The summed E-state index contributed by atoms with van der Waals surface area (Å²) in [6.45, 7) is 0.00911. The molecule has 522 valence electrons. The fourth-order valence-electron chi connectivity index (χ4n) is 12.2. The Morgan fingerprint density at radius 3 is 1.86 bits per heavy atom. The summed E-state index contributed by atoms with van der Waals surface area (Å²) in [5.74, 6) is -17.7. The zero-order valence-corrected chi connectivity index (χ0v) is 53.3. The maximum atomic E-state index is 16.1. The van der Waals surface area contributed by atoms with E-state index in [0.717, 1.165) is 91.9 Å². The second-order valence-electron chi connectivity index (χ2n) is 23.8. The molecule has 7 amide bonds. The van der Waals surface area contributed by atoms with Crippen molar-refractivity contribution in [3.05, 3.63) is 175 Å². The van der Waals surface area contributed by atoms with E-state index in [0.29, 0.717) is 0 Å². The molecule has 1 unspecified atom stereocenters. The van der Waals surface area contributed by atoms with E-state index in [1.54, 1.807) is 0 Å². The van der Waals surface area contributed by atoms with Crippen molar-refractivity contribution in [1.29, 1.82) is 0 Å². The van der Waals surface area contributed by atoms with E-state index in [9.17, 15) is 71.0 Å². The van der Waals surface area contributed by atoms with Crippen LogP contribution >= 0.6 is 23.2 Å². The third-order valence-corrected chi connectivity index (χ3v) is 17.6. The molecule has 7 aliphatic rings. The van der Waals surface area contributed by atoms with Gasteiger partial charge >= 0.3 is 5.97 Å². The van der Waals surface area contributed by atoms with Crippen LogP contribution < -0.4 is 51.4 Å². The highest BCUT2D eigenvalue weighted by atomic mass is 35.5. The van der Waals surface area contributed by atoms with E-state index in [2.05, 4.69) is 47.2 Å². The van der Waals surface area contributed by atoms with E-state index >= 15 is 24.0 Å². The molecule has 13 atom stereocenters. The number of carbonyl (C=O) groups is 8. The number of nitrogens with zero attached hydrogens (tertiary/aromatic N) is 3. The molecule has 0 radical (unpaired) electrons. The number of aromatic hydroxyl groups is 6. The predicted molar refractivity (Wildman–Crippen MR) is 344 cm³/mol. The standard InChI is InChI=1S/C66H56Cl2N10O23/c1-23(80)70-53-57(88)56(87)46(22-79)100-66(53)101-58-27-5-9-42(36(68)15-27)99-45-18-29-17-44(55(45)86)98-41-8-2-24(10-35(41)67)11-37-59(89)72-49(28-12-30(81)19-32(13-28)97-43-16-26(4-7-39(43)84)51(77-78-69)63(93)71-37)61(91)74-50(29)62(92)73-48-25-3-6-38(83)33(14-25)47-34(20-31(82)21-40(47)85)52(65(95)96)75-64(94)54(58)76-60(48)90/h2-10,12-21,37,46,48-54,56-58,66,79,81-88H,11,22H2,1H3,(H,70,80)(H,71,93)(H,72,89)(H,73,92)(H,74,91)(H,75,94)(H,76,90)(H,95,96)/t37-,46-,48-,49+,50-,51?,52-,53-,54+,56-,57-,58-,66+/m1/s1. The normalized spacial score (nSPS) is 24.8. The largest absolute Gasteiger partial charge is 0.508 e. The third kappa shape index (κ3) is 13.9. The van der Waals surface area contributed by atoms with Gasteiger partial charge in [-0.1, -0.05) is 52.6 Å². The molecule has 14 rings (SSSR count). The number of carbonyl (C=O) groups excluding carboxylic acids is 7. The van der Waals surface area contributed by atoms with Gasteiger partial charge in [-0.2, -0.15) is 0 Å². The molecule has 0 saturated carbocycles. The first-order valence-corrected chi connectivity index (χ1v) is 31.1. The van der Waals surface area contributed by atoms with Gasteiger partial charge in [-0.05, 0) is 118 Å². The van der Waals surface area contributed by atoms with Gasteiger partial charge in [0.15, 0.2) is 35.3 Å². The van der Waals surface area contributed by atoms with Crippen LogP contribution in [-0.2, 0) is 54.3 Å². The summed E-state index contributed by atoms with van der Waals surface area (Å²) in [6, 6.07) is 3.91. The smallest absolute Gasteiger partial charge is 0.330 e. The number of azide groups is 1. The fraction of sp³-hybridized carbons (Fsp3) is 0.242. The lowest BCUT2D eigenvalue weighted by atomic mass is 9.89. The van der Waals surface area contributed by atoms with Gasteiger partial charge in [-0.3, -0.25) is 33.6 Å². The van der Waals surface area contributed by atoms with Crippen molar-refractivity contribution in [3.8, 4) is 80.1 Å². The molecule has 0 aromatic heterocycles. The van der Waals surface area contributed by atoms with Crippen LogP contribution in [-0.4, -0.2) is 148 Å². The molecular weight excluding hydrogens is 1370 g/mol. The van der Waals surface area contributed by atoms with Crippen molar-refractivity contribution in [3.63, 3.8) is 0 Å². The lowest BCUT2D eigenvalue weighted by Gasteiger charge is -2.44. The Hall–Kier alpha value is -11.8. The first-order chi connectivity index (χ1) is 48.1. The molecule has 101 heavy (non-hydrogen) atoms. The van der Waals surface area contributed by atoms with Crippen LogP contribution in [0.5, 0.6) is 69.0 Å². The van der Waals surface area contributed by atoms with Gasteiger partial charge in [0.1, 0.15) is 107 Å². The number of phenolic OH excluding ortho intramolecular Hbond substituents is 6. The molecule has 7 heterocycles. The number of carboxylic acids is 1. The minimum absolute atomic E-state index is 0.0542. The highest BCUT2D eigenvalue weighted by Crippen LogP contribution is 2.49.